The van der Waals surface area contributed by atoms with Crippen molar-refractivity contribution < 1.29 is 9.21 Å². The molecule has 0 unspecified atom stereocenters. The van der Waals surface area contributed by atoms with Gasteiger partial charge in [0.15, 0.2) is 11.5 Å². The molecule has 66 valence electrons. The molecule has 0 aliphatic heterocycles. The maximum Gasteiger partial charge on any atom is 0.195 e. The molecule has 0 fully saturated rings. The van der Waals surface area contributed by atoms with Gasteiger partial charge in [-0.05, 0) is 18.9 Å². The van der Waals surface area contributed by atoms with E-state index in [-0.39, 0.29) is 5.78 Å². The molecule has 0 bridgehead atoms. The summed E-state index contributed by atoms with van der Waals surface area (Å²) in [7, 11) is 0. The third-order valence-electron chi connectivity index (χ3n) is 1.83. The molecule has 0 aliphatic carbocycles. The van der Waals surface area contributed by atoms with Gasteiger partial charge in [0.2, 0.25) is 0 Å². The molecule has 0 aromatic carbocycles. The molecule has 0 atom stereocenters. The van der Waals surface area contributed by atoms with E-state index in [4.69, 9.17) is 4.42 Å². The van der Waals surface area contributed by atoms with Gasteiger partial charge in [-0.3, -0.25) is 4.79 Å². The molecular formula is C10H14O2. The van der Waals surface area contributed by atoms with Crippen molar-refractivity contribution in [1.29, 1.82) is 0 Å². The van der Waals surface area contributed by atoms with E-state index in [1.165, 1.54) is 6.92 Å². The number of furan rings is 1. The monoisotopic (exact) mass is 166 g/mol. The third kappa shape index (κ3) is 1.58. The molecule has 0 amide bonds. The Balaban J connectivity index is 3.17. The summed E-state index contributed by atoms with van der Waals surface area (Å²) in [5.41, 5.74) is 1.01. The Bertz CT molecular complexity index is 295. The molecule has 0 saturated carbocycles. The summed E-state index contributed by atoms with van der Waals surface area (Å²) in [4.78, 5) is 11.1. The molecule has 2 nitrogen and oxygen atoms in total. The van der Waals surface area contributed by atoms with Gasteiger partial charge in [-0.1, -0.05) is 13.8 Å². The zero-order valence-electron chi connectivity index (χ0n) is 7.97. The highest BCUT2D eigenvalue weighted by Gasteiger charge is 2.15. The van der Waals surface area contributed by atoms with Crippen molar-refractivity contribution in [3.05, 3.63) is 23.2 Å². The molecule has 0 N–H and O–H groups in total. The van der Waals surface area contributed by atoms with E-state index in [1.807, 2.05) is 13.0 Å². The van der Waals surface area contributed by atoms with Crippen LogP contribution in [-0.4, -0.2) is 5.78 Å². The number of Topliss-reactive ketones (excluding diaryl/α,β-unsaturated/α-hetero) is 1. The van der Waals surface area contributed by atoms with Crippen LogP contribution in [0.3, 0.4) is 0 Å². The zero-order valence-corrected chi connectivity index (χ0v) is 7.97. The van der Waals surface area contributed by atoms with Gasteiger partial charge in [-0.2, -0.15) is 0 Å². The first-order valence-electron chi connectivity index (χ1n) is 4.13. The summed E-state index contributed by atoms with van der Waals surface area (Å²) < 4.78 is 5.29. The van der Waals surface area contributed by atoms with Gasteiger partial charge >= 0.3 is 0 Å². The first kappa shape index (κ1) is 9.04. The SMILES string of the molecule is CC(=O)c1oc(C)cc1C(C)C. The van der Waals surface area contributed by atoms with E-state index in [1.54, 1.807) is 0 Å². The molecule has 0 radical (unpaired) electrons. The van der Waals surface area contributed by atoms with E-state index in [0.717, 1.165) is 11.3 Å². The van der Waals surface area contributed by atoms with Crippen molar-refractivity contribution in [1.82, 2.24) is 0 Å². The van der Waals surface area contributed by atoms with Crippen molar-refractivity contribution in [3.63, 3.8) is 0 Å². The lowest BCUT2D eigenvalue weighted by atomic mass is 10.0. The Kier molecular flexibility index (Phi) is 2.36. The Morgan fingerprint density at radius 2 is 2.08 bits per heavy atom. The summed E-state index contributed by atoms with van der Waals surface area (Å²) in [6.07, 6.45) is 0. The predicted molar refractivity (Wildman–Crippen MR) is 47.5 cm³/mol. The largest absolute Gasteiger partial charge is 0.458 e. The predicted octanol–water partition coefficient (Wildman–Crippen LogP) is 2.91. The van der Waals surface area contributed by atoms with Crippen LogP contribution >= 0.6 is 0 Å². The minimum atomic E-state index is 0.00630. The normalized spacial score (nSPS) is 10.8. The lowest BCUT2D eigenvalue weighted by Gasteiger charge is -2.01. The van der Waals surface area contributed by atoms with Crippen molar-refractivity contribution in [2.24, 2.45) is 0 Å². The van der Waals surface area contributed by atoms with Gasteiger partial charge in [-0.15, -0.1) is 0 Å². The minimum absolute atomic E-state index is 0.00630. The lowest BCUT2D eigenvalue weighted by Crippen LogP contribution is -1.96. The first-order valence-corrected chi connectivity index (χ1v) is 4.13. The fourth-order valence-electron chi connectivity index (χ4n) is 1.24. The molecular weight excluding hydrogens is 152 g/mol. The van der Waals surface area contributed by atoms with Crippen LogP contribution in [0.5, 0.6) is 0 Å². The number of hydrogen-bond acceptors (Lipinski definition) is 2. The molecule has 0 saturated heterocycles. The molecule has 1 aromatic heterocycles. The van der Waals surface area contributed by atoms with Gasteiger partial charge in [0.1, 0.15) is 5.76 Å². The molecule has 12 heavy (non-hydrogen) atoms. The standard InChI is InChI=1S/C10H14O2/c1-6(2)9-5-7(3)12-10(9)8(4)11/h5-6H,1-4H3. The Labute approximate surface area is 72.6 Å². The van der Waals surface area contributed by atoms with Crippen LogP contribution in [0.4, 0.5) is 0 Å². The van der Waals surface area contributed by atoms with Gasteiger partial charge < -0.3 is 4.42 Å². The number of hydrogen-bond donors (Lipinski definition) is 0. The second-order valence-electron chi connectivity index (χ2n) is 3.35. The van der Waals surface area contributed by atoms with Crippen molar-refractivity contribution in [2.75, 3.05) is 0 Å². The van der Waals surface area contributed by atoms with E-state index >= 15 is 0 Å². The second-order valence-corrected chi connectivity index (χ2v) is 3.35. The van der Waals surface area contributed by atoms with Gasteiger partial charge in [0.25, 0.3) is 0 Å². The second kappa shape index (κ2) is 3.13. The quantitative estimate of drug-likeness (QED) is 0.632. The topological polar surface area (TPSA) is 30.2 Å². The first-order chi connectivity index (χ1) is 5.52. The fraction of sp³-hybridized carbons (Fsp3) is 0.500. The number of carbonyl (C=O) groups excluding carboxylic acids is 1. The maximum atomic E-state index is 11.1. The third-order valence-corrected chi connectivity index (χ3v) is 1.83. The average molecular weight is 166 g/mol. The Hall–Kier alpha value is -1.05. The summed E-state index contributed by atoms with van der Waals surface area (Å²) in [6.45, 7) is 7.50. The summed E-state index contributed by atoms with van der Waals surface area (Å²) in [5, 5.41) is 0. The summed E-state index contributed by atoms with van der Waals surface area (Å²) in [5.74, 6) is 1.68. The van der Waals surface area contributed by atoms with Crippen LogP contribution in [0.15, 0.2) is 10.5 Å². The number of aryl methyl sites for hydroxylation is 1. The van der Waals surface area contributed by atoms with E-state index in [2.05, 4.69) is 13.8 Å². The van der Waals surface area contributed by atoms with Crippen LogP contribution in [0.2, 0.25) is 0 Å². The summed E-state index contributed by atoms with van der Waals surface area (Å²) in [6, 6.07) is 1.93. The average Bonchev–Trinajstić information content (AvgIpc) is 2.31. The number of ketones is 1. The highest BCUT2D eigenvalue weighted by Crippen LogP contribution is 2.23. The molecule has 0 spiro atoms. The van der Waals surface area contributed by atoms with Gasteiger partial charge in [0, 0.05) is 12.5 Å². The molecule has 1 aromatic rings. The molecule has 2 heteroatoms. The van der Waals surface area contributed by atoms with Crippen molar-refractivity contribution >= 4 is 5.78 Å². The molecule has 1 heterocycles. The van der Waals surface area contributed by atoms with E-state index < -0.39 is 0 Å². The van der Waals surface area contributed by atoms with Gasteiger partial charge in [-0.25, -0.2) is 0 Å². The number of carbonyl (C=O) groups is 1. The van der Waals surface area contributed by atoms with Crippen LogP contribution in [-0.2, 0) is 0 Å². The van der Waals surface area contributed by atoms with Crippen LogP contribution in [0.1, 0.15) is 48.6 Å². The molecule has 0 aliphatic rings. The molecule has 1 rings (SSSR count). The fourth-order valence-corrected chi connectivity index (χ4v) is 1.24. The maximum absolute atomic E-state index is 11.1. The van der Waals surface area contributed by atoms with Gasteiger partial charge in [0.05, 0.1) is 0 Å². The zero-order chi connectivity index (χ0) is 9.30. The summed E-state index contributed by atoms with van der Waals surface area (Å²) >= 11 is 0. The van der Waals surface area contributed by atoms with Crippen LogP contribution in [0.25, 0.3) is 0 Å². The van der Waals surface area contributed by atoms with Crippen LogP contribution in [0, 0.1) is 6.92 Å². The smallest absolute Gasteiger partial charge is 0.195 e. The van der Waals surface area contributed by atoms with Crippen LogP contribution < -0.4 is 0 Å². The van der Waals surface area contributed by atoms with Crippen molar-refractivity contribution in [3.8, 4) is 0 Å². The van der Waals surface area contributed by atoms with E-state index in [0.29, 0.717) is 11.7 Å². The highest BCUT2D eigenvalue weighted by atomic mass is 16.3. The van der Waals surface area contributed by atoms with Crippen molar-refractivity contribution in [2.45, 2.75) is 33.6 Å². The minimum Gasteiger partial charge on any atom is -0.458 e. The Morgan fingerprint density at radius 1 is 1.50 bits per heavy atom. The highest BCUT2D eigenvalue weighted by molar-refractivity contribution is 5.93. The number of rotatable bonds is 2. The lowest BCUT2D eigenvalue weighted by molar-refractivity contribution is 0.0984. The van der Waals surface area contributed by atoms with E-state index in [9.17, 15) is 4.79 Å². The Morgan fingerprint density at radius 3 is 2.42 bits per heavy atom.